The molecule has 0 aliphatic heterocycles. The zero-order valence-electron chi connectivity index (χ0n) is 10.0. The van der Waals surface area contributed by atoms with E-state index < -0.39 is 0 Å². The van der Waals surface area contributed by atoms with E-state index in [4.69, 9.17) is 11.6 Å². The van der Waals surface area contributed by atoms with Gasteiger partial charge in [0.05, 0.1) is 0 Å². The maximum atomic E-state index is 6.54. The molecule has 1 aliphatic rings. The molecule has 0 heterocycles. The maximum Gasteiger partial charge on any atom is 0.0404 e. The van der Waals surface area contributed by atoms with Gasteiger partial charge in [-0.2, -0.15) is 0 Å². The zero-order chi connectivity index (χ0) is 11.4. The fourth-order valence-corrected chi connectivity index (χ4v) is 3.08. The molecule has 1 aromatic rings. The Morgan fingerprint density at radius 1 is 1.12 bits per heavy atom. The van der Waals surface area contributed by atoms with Crippen LogP contribution in [0.1, 0.15) is 38.2 Å². The van der Waals surface area contributed by atoms with Crippen molar-refractivity contribution in [2.45, 2.75) is 44.4 Å². The summed E-state index contributed by atoms with van der Waals surface area (Å²) in [5.41, 5.74) is 1.38. The van der Waals surface area contributed by atoms with Gasteiger partial charge in [-0.15, -0.1) is 11.6 Å². The molecule has 0 bridgehead atoms. The van der Waals surface area contributed by atoms with Crippen molar-refractivity contribution in [3.8, 4) is 0 Å². The van der Waals surface area contributed by atoms with Gasteiger partial charge in [-0.05, 0) is 36.7 Å². The zero-order valence-corrected chi connectivity index (χ0v) is 10.8. The van der Waals surface area contributed by atoms with Crippen molar-refractivity contribution >= 4 is 11.6 Å². The van der Waals surface area contributed by atoms with Crippen LogP contribution in [-0.2, 0) is 6.42 Å². The Balaban J connectivity index is 1.86. The second-order valence-corrected chi connectivity index (χ2v) is 5.79. The van der Waals surface area contributed by atoms with Gasteiger partial charge >= 0.3 is 0 Å². The first-order valence-electron chi connectivity index (χ1n) is 6.43. The molecule has 1 aromatic carbocycles. The SMILES string of the molecule is CC1CCC(C(Cl)Cc2ccccc2)CC1. The van der Waals surface area contributed by atoms with Crippen molar-refractivity contribution in [2.24, 2.45) is 11.8 Å². The van der Waals surface area contributed by atoms with Crippen molar-refractivity contribution in [1.29, 1.82) is 0 Å². The fraction of sp³-hybridized carbons (Fsp3) is 0.600. The summed E-state index contributed by atoms with van der Waals surface area (Å²) in [6.45, 7) is 2.36. The molecule has 16 heavy (non-hydrogen) atoms. The highest BCUT2D eigenvalue weighted by Gasteiger charge is 2.24. The van der Waals surface area contributed by atoms with Gasteiger partial charge in [0, 0.05) is 5.38 Å². The highest BCUT2D eigenvalue weighted by molar-refractivity contribution is 6.20. The van der Waals surface area contributed by atoms with Crippen molar-refractivity contribution in [3.05, 3.63) is 35.9 Å². The van der Waals surface area contributed by atoms with E-state index in [1.807, 2.05) is 0 Å². The second kappa shape index (κ2) is 5.72. The molecule has 0 saturated heterocycles. The van der Waals surface area contributed by atoms with E-state index in [0.29, 0.717) is 5.38 Å². The summed E-state index contributed by atoms with van der Waals surface area (Å²) >= 11 is 6.54. The van der Waals surface area contributed by atoms with Gasteiger partial charge < -0.3 is 0 Å². The molecule has 0 aromatic heterocycles. The first-order chi connectivity index (χ1) is 7.75. The van der Waals surface area contributed by atoms with Crippen LogP contribution in [0.4, 0.5) is 0 Å². The summed E-state index contributed by atoms with van der Waals surface area (Å²) in [7, 11) is 0. The summed E-state index contributed by atoms with van der Waals surface area (Å²) in [6, 6.07) is 10.6. The summed E-state index contributed by atoms with van der Waals surface area (Å²) in [5, 5.41) is 0.329. The predicted octanol–water partition coefficient (Wildman–Crippen LogP) is 4.66. The Kier molecular flexibility index (Phi) is 4.29. The Labute approximate surface area is 104 Å². The van der Waals surface area contributed by atoms with E-state index in [-0.39, 0.29) is 0 Å². The third-order valence-electron chi connectivity index (χ3n) is 3.85. The normalized spacial score (nSPS) is 27.6. The molecule has 0 nitrogen and oxygen atoms in total. The Hall–Kier alpha value is -0.490. The van der Waals surface area contributed by atoms with Gasteiger partial charge in [-0.1, -0.05) is 50.1 Å². The summed E-state index contributed by atoms with van der Waals surface area (Å²) in [5.74, 6) is 1.65. The van der Waals surface area contributed by atoms with E-state index >= 15 is 0 Å². The van der Waals surface area contributed by atoms with E-state index in [1.54, 1.807) is 0 Å². The van der Waals surface area contributed by atoms with E-state index in [9.17, 15) is 0 Å². The minimum Gasteiger partial charge on any atom is -0.122 e. The van der Waals surface area contributed by atoms with Crippen LogP contribution >= 0.6 is 11.6 Å². The van der Waals surface area contributed by atoms with Crippen LogP contribution in [0, 0.1) is 11.8 Å². The molecule has 1 aliphatic carbocycles. The first-order valence-corrected chi connectivity index (χ1v) is 6.87. The minimum absolute atomic E-state index is 0.329. The largest absolute Gasteiger partial charge is 0.122 e. The number of hydrogen-bond acceptors (Lipinski definition) is 0. The van der Waals surface area contributed by atoms with Gasteiger partial charge in [0.2, 0.25) is 0 Å². The number of halogens is 1. The highest BCUT2D eigenvalue weighted by atomic mass is 35.5. The molecular weight excluding hydrogens is 216 g/mol. The fourth-order valence-electron chi connectivity index (χ4n) is 2.65. The first kappa shape index (κ1) is 12.0. The van der Waals surface area contributed by atoms with E-state index in [2.05, 4.69) is 37.3 Å². The standard InChI is InChI=1S/C15H21Cl/c1-12-7-9-14(10-8-12)15(16)11-13-5-3-2-4-6-13/h2-6,12,14-15H,7-11H2,1H3. The lowest BCUT2D eigenvalue weighted by Crippen LogP contribution is -2.22. The minimum atomic E-state index is 0.329. The molecule has 1 saturated carbocycles. The molecule has 0 amide bonds. The Bertz CT molecular complexity index is 298. The van der Waals surface area contributed by atoms with Crippen LogP contribution in [0.15, 0.2) is 30.3 Å². The summed E-state index contributed by atoms with van der Waals surface area (Å²) in [4.78, 5) is 0. The third kappa shape index (κ3) is 3.25. The molecule has 1 atom stereocenters. The molecule has 1 fully saturated rings. The van der Waals surface area contributed by atoms with Gasteiger partial charge in [0.25, 0.3) is 0 Å². The average Bonchev–Trinajstić information content (AvgIpc) is 2.31. The van der Waals surface area contributed by atoms with Gasteiger partial charge in [-0.25, -0.2) is 0 Å². The molecule has 2 rings (SSSR count). The lowest BCUT2D eigenvalue weighted by Gasteiger charge is -2.29. The van der Waals surface area contributed by atoms with Crippen molar-refractivity contribution in [1.82, 2.24) is 0 Å². The number of benzene rings is 1. The van der Waals surface area contributed by atoms with Crippen LogP contribution in [0.3, 0.4) is 0 Å². The van der Waals surface area contributed by atoms with Crippen LogP contribution in [0.25, 0.3) is 0 Å². The van der Waals surface area contributed by atoms with Crippen molar-refractivity contribution in [2.75, 3.05) is 0 Å². The second-order valence-electron chi connectivity index (χ2n) is 5.23. The van der Waals surface area contributed by atoms with Gasteiger partial charge in [0.1, 0.15) is 0 Å². The summed E-state index contributed by atoms with van der Waals surface area (Å²) in [6.07, 6.45) is 6.40. The molecule has 88 valence electrons. The number of rotatable bonds is 3. The third-order valence-corrected chi connectivity index (χ3v) is 4.36. The van der Waals surface area contributed by atoms with Gasteiger partial charge in [0.15, 0.2) is 0 Å². The smallest absolute Gasteiger partial charge is 0.0404 e. The number of alkyl halides is 1. The maximum absolute atomic E-state index is 6.54. The lowest BCUT2D eigenvalue weighted by atomic mass is 9.80. The van der Waals surface area contributed by atoms with Crippen LogP contribution in [-0.4, -0.2) is 5.38 Å². The molecular formula is C15H21Cl. The van der Waals surface area contributed by atoms with Crippen LogP contribution in [0.2, 0.25) is 0 Å². The lowest BCUT2D eigenvalue weighted by molar-refractivity contribution is 0.281. The number of hydrogen-bond donors (Lipinski definition) is 0. The monoisotopic (exact) mass is 236 g/mol. The topological polar surface area (TPSA) is 0 Å². The predicted molar refractivity (Wildman–Crippen MR) is 70.9 cm³/mol. The quantitative estimate of drug-likeness (QED) is 0.670. The highest BCUT2D eigenvalue weighted by Crippen LogP contribution is 2.33. The molecule has 1 heteroatoms. The molecule has 0 radical (unpaired) electrons. The Morgan fingerprint density at radius 2 is 1.75 bits per heavy atom. The van der Waals surface area contributed by atoms with Crippen molar-refractivity contribution < 1.29 is 0 Å². The molecule has 0 N–H and O–H groups in total. The van der Waals surface area contributed by atoms with E-state index in [0.717, 1.165) is 18.3 Å². The van der Waals surface area contributed by atoms with Gasteiger partial charge in [-0.3, -0.25) is 0 Å². The van der Waals surface area contributed by atoms with Crippen LogP contribution in [0.5, 0.6) is 0 Å². The average molecular weight is 237 g/mol. The molecule has 0 spiro atoms. The Morgan fingerprint density at radius 3 is 2.38 bits per heavy atom. The van der Waals surface area contributed by atoms with Crippen LogP contribution < -0.4 is 0 Å². The molecule has 1 unspecified atom stereocenters. The van der Waals surface area contributed by atoms with E-state index in [1.165, 1.54) is 31.2 Å². The van der Waals surface area contributed by atoms with Crippen molar-refractivity contribution in [3.63, 3.8) is 0 Å². The summed E-state index contributed by atoms with van der Waals surface area (Å²) < 4.78 is 0.